The van der Waals surface area contributed by atoms with Crippen LogP contribution in [-0.4, -0.2) is 24.8 Å². The highest BCUT2D eigenvalue weighted by atomic mass is 19.4. The van der Waals surface area contributed by atoms with Crippen molar-refractivity contribution in [1.29, 1.82) is 5.41 Å². The fraction of sp³-hybridized carbons (Fsp3) is 0.364. The van der Waals surface area contributed by atoms with Crippen LogP contribution in [-0.2, 0) is 12.6 Å². The third kappa shape index (κ3) is 3.25. The van der Waals surface area contributed by atoms with Gasteiger partial charge in [0.1, 0.15) is 0 Å². The molecule has 0 aromatic heterocycles. The Bertz CT molecular complexity index is 383. The molecule has 0 spiro atoms. The summed E-state index contributed by atoms with van der Waals surface area (Å²) in [7, 11) is 3.38. The van der Waals surface area contributed by atoms with Crippen LogP contribution in [0, 0.1) is 5.41 Å². The van der Waals surface area contributed by atoms with E-state index in [1.165, 1.54) is 6.07 Å². The van der Waals surface area contributed by atoms with Crippen molar-refractivity contribution < 1.29 is 13.2 Å². The van der Waals surface area contributed by atoms with Gasteiger partial charge in [-0.05, 0) is 11.6 Å². The van der Waals surface area contributed by atoms with Crippen LogP contribution >= 0.6 is 0 Å². The summed E-state index contributed by atoms with van der Waals surface area (Å²) in [5.74, 6) is 0.277. The summed E-state index contributed by atoms with van der Waals surface area (Å²) in [4.78, 5) is 1.57. The van der Waals surface area contributed by atoms with Gasteiger partial charge < -0.3 is 4.90 Å². The molecule has 5 heteroatoms. The molecule has 0 fully saturated rings. The van der Waals surface area contributed by atoms with Crippen molar-refractivity contribution >= 4 is 5.84 Å². The number of rotatable bonds is 2. The lowest BCUT2D eigenvalue weighted by Crippen LogP contribution is -2.22. The van der Waals surface area contributed by atoms with Crippen LogP contribution in [0.25, 0.3) is 0 Å². The van der Waals surface area contributed by atoms with Crippen molar-refractivity contribution in [1.82, 2.24) is 4.90 Å². The zero-order chi connectivity index (χ0) is 12.3. The van der Waals surface area contributed by atoms with E-state index in [0.717, 1.165) is 12.1 Å². The molecule has 0 amide bonds. The van der Waals surface area contributed by atoms with Crippen LogP contribution in [0.15, 0.2) is 24.3 Å². The molecule has 0 bridgehead atoms. The lowest BCUT2D eigenvalue weighted by Gasteiger charge is -2.14. The summed E-state index contributed by atoms with van der Waals surface area (Å²) in [6.07, 6.45) is -4.12. The van der Waals surface area contributed by atoms with Crippen molar-refractivity contribution in [3.05, 3.63) is 35.4 Å². The molecule has 0 saturated carbocycles. The molecule has 1 N–H and O–H groups in total. The second-order valence-corrected chi connectivity index (χ2v) is 3.72. The van der Waals surface area contributed by atoms with Crippen LogP contribution in [0.3, 0.4) is 0 Å². The van der Waals surface area contributed by atoms with E-state index in [1.54, 1.807) is 25.1 Å². The number of halogens is 3. The number of nitrogens with one attached hydrogen (secondary N) is 1. The van der Waals surface area contributed by atoms with Crippen LogP contribution < -0.4 is 0 Å². The maximum atomic E-state index is 12.4. The Morgan fingerprint density at radius 2 is 1.94 bits per heavy atom. The predicted octanol–water partition coefficient (Wildman–Crippen LogP) is 2.79. The molecule has 0 radical (unpaired) electrons. The Labute approximate surface area is 92.2 Å². The molecule has 1 aromatic rings. The normalized spacial score (nSPS) is 11.3. The highest BCUT2D eigenvalue weighted by Crippen LogP contribution is 2.29. The van der Waals surface area contributed by atoms with E-state index in [0.29, 0.717) is 5.56 Å². The fourth-order valence-electron chi connectivity index (χ4n) is 1.21. The van der Waals surface area contributed by atoms with Gasteiger partial charge in [0.25, 0.3) is 0 Å². The van der Waals surface area contributed by atoms with Crippen molar-refractivity contribution in [3.8, 4) is 0 Å². The van der Waals surface area contributed by atoms with E-state index in [1.807, 2.05) is 0 Å². The average Bonchev–Trinajstić information content (AvgIpc) is 2.16. The number of benzene rings is 1. The molecule has 0 heterocycles. The van der Waals surface area contributed by atoms with Crippen molar-refractivity contribution in [2.45, 2.75) is 12.6 Å². The first-order valence-corrected chi connectivity index (χ1v) is 4.71. The summed E-state index contributed by atoms with van der Waals surface area (Å²) >= 11 is 0. The molecule has 2 nitrogen and oxygen atoms in total. The number of alkyl halides is 3. The first kappa shape index (κ1) is 12.5. The van der Waals surface area contributed by atoms with Gasteiger partial charge in [0.05, 0.1) is 11.4 Å². The fourth-order valence-corrected chi connectivity index (χ4v) is 1.21. The minimum absolute atomic E-state index is 0.205. The number of hydrogen-bond donors (Lipinski definition) is 1. The monoisotopic (exact) mass is 230 g/mol. The molecular formula is C11H13F3N2. The number of hydrogen-bond acceptors (Lipinski definition) is 1. The van der Waals surface area contributed by atoms with Crippen molar-refractivity contribution in [3.63, 3.8) is 0 Å². The second-order valence-electron chi connectivity index (χ2n) is 3.72. The molecule has 0 saturated heterocycles. The summed E-state index contributed by atoms with van der Waals surface area (Å²) in [5.41, 5.74) is -0.176. The average molecular weight is 230 g/mol. The van der Waals surface area contributed by atoms with Crippen LogP contribution in [0.5, 0.6) is 0 Å². The number of amidine groups is 1. The Morgan fingerprint density at radius 3 is 2.44 bits per heavy atom. The van der Waals surface area contributed by atoms with E-state index in [9.17, 15) is 13.2 Å². The van der Waals surface area contributed by atoms with Gasteiger partial charge in [0, 0.05) is 20.5 Å². The van der Waals surface area contributed by atoms with Crippen molar-refractivity contribution in [2.24, 2.45) is 0 Å². The SMILES string of the molecule is CN(C)C(=N)Cc1cccc(C(F)(F)F)c1. The molecule has 0 aliphatic carbocycles. The van der Waals surface area contributed by atoms with Gasteiger partial charge in [-0.2, -0.15) is 13.2 Å². The predicted molar refractivity (Wildman–Crippen MR) is 56.6 cm³/mol. The molecule has 0 atom stereocenters. The van der Waals surface area contributed by atoms with Gasteiger partial charge in [-0.25, -0.2) is 0 Å². The molecule has 0 unspecified atom stereocenters. The molecular weight excluding hydrogens is 217 g/mol. The third-order valence-corrected chi connectivity index (χ3v) is 2.17. The van der Waals surface area contributed by atoms with Gasteiger partial charge >= 0.3 is 6.18 Å². The Morgan fingerprint density at radius 1 is 1.31 bits per heavy atom. The minimum Gasteiger partial charge on any atom is -0.366 e. The van der Waals surface area contributed by atoms with Gasteiger partial charge in [-0.3, -0.25) is 5.41 Å². The van der Waals surface area contributed by atoms with E-state index < -0.39 is 11.7 Å². The molecule has 88 valence electrons. The van der Waals surface area contributed by atoms with Gasteiger partial charge in [-0.15, -0.1) is 0 Å². The largest absolute Gasteiger partial charge is 0.416 e. The van der Waals surface area contributed by atoms with Gasteiger partial charge in [-0.1, -0.05) is 18.2 Å². The first-order chi connectivity index (χ1) is 7.30. The minimum atomic E-state index is -4.32. The van der Waals surface area contributed by atoms with Gasteiger partial charge in [0.15, 0.2) is 0 Å². The van der Waals surface area contributed by atoms with E-state index in [2.05, 4.69) is 0 Å². The molecule has 0 aliphatic rings. The molecule has 0 aliphatic heterocycles. The highest BCUT2D eigenvalue weighted by Gasteiger charge is 2.30. The van der Waals surface area contributed by atoms with Gasteiger partial charge in [0.2, 0.25) is 0 Å². The van der Waals surface area contributed by atoms with Crippen molar-refractivity contribution in [2.75, 3.05) is 14.1 Å². The van der Waals surface area contributed by atoms with E-state index >= 15 is 0 Å². The number of likely N-dealkylation sites (N-methyl/N-ethyl adjacent to an activating group) is 1. The third-order valence-electron chi connectivity index (χ3n) is 2.17. The van der Waals surface area contributed by atoms with E-state index in [4.69, 9.17) is 5.41 Å². The summed E-state index contributed by atoms with van der Waals surface area (Å²) in [6, 6.07) is 5.06. The topological polar surface area (TPSA) is 27.1 Å². The molecule has 1 aromatic carbocycles. The summed E-state index contributed by atoms with van der Waals surface area (Å²) < 4.78 is 37.2. The van der Waals surface area contributed by atoms with Crippen LogP contribution in [0.2, 0.25) is 0 Å². The summed E-state index contributed by atoms with van der Waals surface area (Å²) in [6.45, 7) is 0. The lowest BCUT2D eigenvalue weighted by atomic mass is 10.1. The van der Waals surface area contributed by atoms with Crippen LogP contribution in [0.4, 0.5) is 13.2 Å². The van der Waals surface area contributed by atoms with E-state index in [-0.39, 0.29) is 12.3 Å². The maximum Gasteiger partial charge on any atom is 0.416 e. The lowest BCUT2D eigenvalue weighted by molar-refractivity contribution is -0.137. The Balaban J connectivity index is 2.88. The summed E-state index contributed by atoms with van der Waals surface area (Å²) in [5, 5.41) is 7.55. The zero-order valence-corrected chi connectivity index (χ0v) is 9.10. The standard InChI is InChI=1S/C11H13F3N2/c1-16(2)10(15)7-8-4-3-5-9(6-8)11(12,13)14/h3-6,15H,7H2,1-2H3. The Hall–Kier alpha value is -1.52. The Kier molecular flexibility index (Phi) is 3.57. The zero-order valence-electron chi connectivity index (χ0n) is 9.10. The second kappa shape index (κ2) is 4.55. The number of nitrogens with zero attached hydrogens (tertiary/aromatic N) is 1. The quantitative estimate of drug-likeness (QED) is 0.614. The maximum absolute atomic E-state index is 12.4. The van der Waals surface area contributed by atoms with Crippen LogP contribution in [0.1, 0.15) is 11.1 Å². The first-order valence-electron chi connectivity index (χ1n) is 4.71. The molecule has 1 rings (SSSR count). The highest BCUT2D eigenvalue weighted by molar-refractivity contribution is 5.81. The smallest absolute Gasteiger partial charge is 0.366 e. The molecule has 16 heavy (non-hydrogen) atoms.